The average molecular weight is 184 g/mol. The third-order valence-corrected chi connectivity index (χ3v) is 3.65. The average Bonchev–Trinajstić information content (AvgIpc) is 2.05. The highest BCUT2D eigenvalue weighted by atomic mass is 15.3. The molecule has 0 unspecified atom stereocenters. The molecule has 1 rings (SSSR count). The van der Waals surface area contributed by atoms with Gasteiger partial charge in [0.15, 0.2) is 0 Å². The Morgan fingerprint density at radius 2 is 1.77 bits per heavy atom. The predicted molar refractivity (Wildman–Crippen MR) is 58.0 cm³/mol. The van der Waals surface area contributed by atoms with Crippen molar-refractivity contribution >= 4 is 0 Å². The van der Waals surface area contributed by atoms with E-state index in [1.807, 2.05) is 0 Å². The highest BCUT2D eigenvalue weighted by Gasteiger charge is 2.39. The van der Waals surface area contributed by atoms with Crippen LogP contribution in [0.25, 0.3) is 0 Å². The Hall–Kier alpha value is -0.0800. The Labute approximate surface area is 82.7 Å². The van der Waals surface area contributed by atoms with Gasteiger partial charge in [0.1, 0.15) is 0 Å². The quantitative estimate of drug-likeness (QED) is 0.704. The lowest BCUT2D eigenvalue weighted by molar-refractivity contribution is 0.0315. The first-order chi connectivity index (χ1) is 5.96. The number of piperazine rings is 1. The van der Waals surface area contributed by atoms with Gasteiger partial charge in [-0.1, -0.05) is 13.8 Å². The molecule has 1 fully saturated rings. The van der Waals surface area contributed by atoms with Crippen molar-refractivity contribution in [2.24, 2.45) is 0 Å². The zero-order valence-electron chi connectivity index (χ0n) is 9.78. The fraction of sp³-hybridized carbons (Fsp3) is 1.00. The molecular formula is C11H24N2. The third-order valence-electron chi connectivity index (χ3n) is 3.65. The standard InChI is InChI=1S/C11H24N2/c1-6-11(7-2)8-12-10(3,4)9-13(11)5/h12H,6-9H2,1-5H3. The summed E-state index contributed by atoms with van der Waals surface area (Å²) in [6.45, 7) is 11.4. The molecule has 13 heavy (non-hydrogen) atoms. The molecule has 0 bridgehead atoms. The minimum absolute atomic E-state index is 0.280. The molecule has 0 aromatic heterocycles. The van der Waals surface area contributed by atoms with Crippen molar-refractivity contribution in [1.82, 2.24) is 10.2 Å². The Balaban J connectivity index is 2.72. The second-order valence-corrected chi connectivity index (χ2v) is 5.02. The lowest BCUT2D eigenvalue weighted by atomic mass is 9.85. The summed E-state index contributed by atoms with van der Waals surface area (Å²) in [6.07, 6.45) is 2.48. The van der Waals surface area contributed by atoms with Gasteiger partial charge in [-0.3, -0.25) is 4.90 Å². The van der Waals surface area contributed by atoms with Crippen LogP contribution in [0.4, 0.5) is 0 Å². The van der Waals surface area contributed by atoms with Crippen molar-refractivity contribution in [3.05, 3.63) is 0 Å². The molecule has 0 aliphatic carbocycles. The van der Waals surface area contributed by atoms with Gasteiger partial charge in [0.25, 0.3) is 0 Å². The van der Waals surface area contributed by atoms with Crippen molar-refractivity contribution in [2.75, 3.05) is 20.1 Å². The fourth-order valence-corrected chi connectivity index (χ4v) is 2.40. The van der Waals surface area contributed by atoms with Crippen LogP contribution in [-0.4, -0.2) is 36.1 Å². The van der Waals surface area contributed by atoms with E-state index in [1.165, 1.54) is 12.8 Å². The van der Waals surface area contributed by atoms with E-state index in [-0.39, 0.29) is 5.54 Å². The van der Waals surface area contributed by atoms with E-state index in [0.29, 0.717) is 5.54 Å². The number of hydrogen-bond acceptors (Lipinski definition) is 2. The van der Waals surface area contributed by atoms with Gasteiger partial charge < -0.3 is 5.32 Å². The van der Waals surface area contributed by atoms with Gasteiger partial charge in [-0.25, -0.2) is 0 Å². The summed E-state index contributed by atoms with van der Waals surface area (Å²) < 4.78 is 0. The van der Waals surface area contributed by atoms with Crippen LogP contribution in [0.3, 0.4) is 0 Å². The number of rotatable bonds is 2. The van der Waals surface area contributed by atoms with Gasteiger partial charge in [0.05, 0.1) is 0 Å². The normalized spacial score (nSPS) is 27.5. The summed E-state index contributed by atoms with van der Waals surface area (Å²) in [4.78, 5) is 2.53. The zero-order chi connectivity index (χ0) is 10.1. The first-order valence-corrected chi connectivity index (χ1v) is 5.42. The molecule has 2 heteroatoms. The van der Waals surface area contributed by atoms with E-state index < -0.39 is 0 Å². The SMILES string of the molecule is CCC1(CC)CNC(C)(C)CN1C. The van der Waals surface area contributed by atoms with Crippen LogP contribution >= 0.6 is 0 Å². The fourth-order valence-electron chi connectivity index (χ4n) is 2.40. The zero-order valence-corrected chi connectivity index (χ0v) is 9.78. The Bertz CT molecular complexity index is 171. The molecule has 78 valence electrons. The first kappa shape index (κ1) is 11.0. The molecule has 1 aliphatic heterocycles. The van der Waals surface area contributed by atoms with E-state index in [0.717, 1.165) is 13.1 Å². The van der Waals surface area contributed by atoms with E-state index in [2.05, 4.69) is 45.0 Å². The summed E-state index contributed by atoms with van der Waals surface area (Å²) in [5.74, 6) is 0. The Morgan fingerprint density at radius 3 is 2.15 bits per heavy atom. The van der Waals surface area contributed by atoms with E-state index >= 15 is 0 Å². The van der Waals surface area contributed by atoms with E-state index in [1.54, 1.807) is 0 Å². The van der Waals surface area contributed by atoms with Gasteiger partial charge in [-0.05, 0) is 33.7 Å². The Morgan fingerprint density at radius 1 is 1.23 bits per heavy atom. The van der Waals surface area contributed by atoms with Gasteiger partial charge in [-0.15, -0.1) is 0 Å². The highest BCUT2D eigenvalue weighted by Crippen LogP contribution is 2.27. The predicted octanol–water partition coefficient (Wildman–Crippen LogP) is 1.86. The maximum absolute atomic E-state index is 3.64. The summed E-state index contributed by atoms with van der Waals surface area (Å²) in [7, 11) is 2.26. The van der Waals surface area contributed by atoms with E-state index in [4.69, 9.17) is 0 Å². The lowest BCUT2D eigenvalue weighted by Gasteiger charge is -2.51. The highest BCUT2D eigenvalue weighted by molar-refractivity contribution is 4.99. The minimum atomic E-state index is 0.280. The number of nitrogens with zero attached hydrogens (tertiary/aromatic N) is 1. The molecule has 1 N–H and O–H groups in total. The molecule has 0 aromatic carbocycles. The van der Waals surface area contributed by atoms with Crippen LogP contribution in [0, 0.1) is 0 Å². The molecule has 1 aliphatic rings. The van der Waals surface area contributed by atoms with Gasteiger partial charge >= 0.3 is 0 Å². The molecule has 0 atom stereocenters. The van der Waals surface area contributed by atoms with Crippen LogP contribution in [-0.2, 0) is 0 Å². The van der Waals surface area contributed by atoms with Gasteiger partial charge in [-0.2, -0.15) is 0 Å². The van der Waals surface area contributed by atoms with Crippen molar-refractivity contribution in [2.45, 2.75) is 51.6 Å². The molecule has 0 amide bonds. The van der Waals surface area contributed by atoms with Gasteiger partial charge in [0, 0.05) is 24.2 Å². The molecule has 0 saturated carbocycles. The first-order valence-electron chi connectivity index (χ1n) is 5.42. The van der Waals surface area contributed by atoms with Crippen molar-refractivity contribution in [3.8, 4) is 0 Å². The van der Waals surface area contributed by atoms with Crippen LogP contribution in [0.2, 0.25) is 0 Å². The molecule has 0 aromatic rings. The maximum Gasteiger partial charge on any atom is 0.0326 e. The minimum Gasteiger partial charge on any atom is -0.309 e. The summed E-state index contributed by atoms with van der Waals surface area (Å²) >= 11 is 0. The second-order valence-electron chi connectivity index (χ2n) is 5.02. The molecule has 0 spiro atoms. The second kappa shape index (κ2) is 3.58. The number of hydrogen-bond donors (Lipinski definition) is 1. The van der Waals surface area contributed by atoms with E-state index in [9.17, 15) is 0 Å². The summed E-state index contributed by atoms with van der Waals surface area (Å²) in [6, 6.07) is 0. The lowest BCUT2D eigenvalue weighted by Crippen LogP contribution is -2.66. The third kappa shape index (κ3) is 2.05. The van der Waals surface area contributed by atoms with Crippen LogP contribution < -0.4 is 5.32 Å². The smallest absolute Gasteiger partial charge is 0.0326 e. The van der Waals surface area contributed by atoms with Crippen LogP contribution in [0.5, 0.6) is 0 Å². The maximum atomic E-state index is 3.64. The van der Waals surface area contributed by atoms with Crippen LogP contribution in [0.15, 0.2) is 0 Å². The van der Waals surface area contributed by atoms with Crippen molar-refractivity contribution in [3.63, 3.8) is 0 Å². The molecule has 0 radical (unpaired) electrons. The topological polar surface area (TPSA) is 15.3 Å². The monoisotopic (exact) mass is 184 g/mol. The molecular weight excluding hydrogens is 160 g/mol. The molecule has 2 nitrogen and oxygen atoms in total. The van der Waals surface area contributed by atoms with Crippen LogP contribution in [0.1, 0.15) is 40.5 Å². The molecule has 1 heterocycles. The van der Waals surface area contributed by atoms with Gasteiger partial charge in [0.2, 0.25) is 0 Å². The van der Waals surface area contributed by atoms with Crippen molar-refractivity contribution in [1.29, 1.82) is 0 Å². The number of likely N-dealkylation sites (N-methyl/N-ethyl adjacent to an activating group) is 1. The largest absolute Gasteiger partial charge is 0.309 e. The molecule has 1 saturated heterocycles. The summed E-state index contributed by atoms with van der Waals surface area (Å²) in [5, 5.41) is 3.64. The number of nitrogens with one attached hydrogen (secondary N) is 1. The summed E-state index contributed by atoms with van der Waals surface area (Å²) in [5.41, 5.74) is 0.679. The Kier molecular flexibility index (Phi) is 3.03. The van der Waals surface area contributed by atoms with Crippen molar-refractivity contribution < 1.29 is 0 Å².